The Labute approximate surface area is 88.5 Å². The molecule has 0 aliphatic rings. The topological polar surface area (TPSA) is 3.88 Å². The van der Waals surface area contributed by atoms with Gasteiger partial charge in [0.1, 0.15) is 0 Å². The largest absolute Gasteiger partial charge is 0.202 e. The Hall–Kier alpha value is -1.28. The molecular weight excluding hydrogens is 190 g/mol. The van der Waals surface area contributed by atoms with Crippen molar-refractivity contribution in [2.24, 2.45) is 0 Å². The fraction of sp³-hybridized carbons (Fsp3) is 0.0833. The minimum absolute atomic E-state index is 1.26. The number of hydrogen-bond donors (Lipinski definition) is 0. The smallest absolute Gasteiger partial charge is 0.130 e. The van der Waals surface area contributed by atoms with E-state index in [0.29, 0.717) is 0 Å². The van der Waals surface area contributed by atoms with Crippen LogP contribution in [0.2, 0.25) is 0 Å². The summed E-state index contributed by atoms with van der Waals surface area (Å²) in [5.74, 6) is 0. The molecule has 0 saturated heterocycles. The highest BCUT2D eigenvalue weighted by atomic mass is 32.2. The van der Waals surface area contributed by atoms with Crippen LogP contribution >= 0.6 is 11.9 Å². The van der Waals surface area contributed by atoms with E-state index in [1.165, 1.54) is 10.5 Å². The molecule has 0 amide bonds. The lowest BCUT2D eigenvalue weighted by atomic mass is 10.2. The van der Waals surface area contributed by atoms with Crippen molar-refractivity contribution in [1.82, 2.24) is 0 Å². The van der Waals surface area contributed by atoms with Gasteiger partial charge >= 0.3 is 0 Å². The van der Waals surface area contributed by atoms with E-state index in [4.69, 9.17) is 0 Å². The summed E-state index contributed by atoms with van der Waals surface area (Å²) >= 11 is 1.71. The van der Waals surface area contributed by atoms with Crippen LogP contribution in [0, 0.1) is 6.92 Å². The SMILES string of the molecule is Cc1ccc(S[n+]2ccccc2)cc1. The Balaban J connectivity index is 2.16. The lowest BCUT2D eigenvalue weighted by Gasteiger charge is -1.94. The molecule has 0 atom stereocenters. The van der Waals surface area contributed by atoms with Gasteiger partial charge in [0.25, 0.3) is 0 Å². The van der Waals surface area contributed by atoms with Gasteiger partial charge in [-0.2, -0.15) is 0 Å². The van der Waals surface area contributed by atoms with Crippen LogP contribution in [0.1, 0.15) is 5.56 Å². The molecule has 1 heterocycles. The van der Waals surface area contributed by atoms with Crippen molar-refractivity contribution in [2.45, 2.75) is 11.8 Å². The highest BCUT2D eigenvalue weighted by molar-refractivity contribution is 7.92. The average molecular weight is 202 g/mol. The highest BCUT2D eigenvalue weighted by Gasteiger charge is 2.02. The summed E-state index contributed by atoms with van der Waals surface area (Å²) in [6, 6.07) is 14.6. The summed E-state index contributed by atoms with van der Waals surface area (Å²) in [6.45, 7) is 2.10. The molecule has 0 bridgehead atoms. The van der Waals surface area contributed by atoms with Gasteiger partial charge < -0.3 is 0 Å². The summed E-state index contributed by atoms with van der Waals surface area (Å²) in [4.78, 5) is 1.26. The molecule has 1 aromatic heterocycles. The van der Waals surface area contributed by atoms with Crippen molar-refractivity contribution >= 4 is 11.9 Å². The summed E-state index contributed by atoms with van der Waals surface area (Å²) < 4.78 is 2.09. The average Bonchev–Trinajstić information content (AvgIpc) is 2.23. The van der Waals surface area contributed by atoms with Gasteiger partial charge in [0.2, 0.25) is 11.9 Å². The van der Waals surface area contributed by atoms with Crippen LogP contribution in [0.4, 0.5) is 0 Å². The van der Waals surface area contributed by atoms with E-state index >= 15 is 0 Å². The molecule has 1 aromatic carbocycles. The molecule has 14 heavy (non-hydrogen) atoms. The molecule has 0 N–H and O–H groups in total. The number of rotatable bonds is 2. The molecular formula is C12H12NS+. The van der Waals surface area contributed by atoms with E-state index in [9.17, 15) is 0 Å². The van der Waals surface area contributed by atoms with Gasteiger partial charge in [-0.15, -0.1) is 3.97 Å². The number of benzene rings is 1. The van der Waals surface area contributed by atoms with Gasteiger partial charge in [0.15, 0.2) is 12.4 Å². The van der Waals surface area contributed by atoms with Crippen molar-refractivity contribution in [2.75, 3.05) is 0 Å². The fourth-order valence-corrected chi connectivity index (χ4v) is 1.93. The standard InChI is InChI=1S/C12H12NS/c1-11-5-7-12(8-6-11)14-13-9-3-2-4-10-13/h2-10H,1H3/q+1. The molecule has 2 heteroatoms. The zero-order valence-corrected chi connectivity index (χ0v) is 8.87. The monoisotopic (exact) mass is 202 g/mol. The first-order valence-electron chi connectivity index (χ1n) is 4.56. The predicted molar refractivity (Wildman–Crippen MR) is 59.1 cm³/mol. The van der Waals surface area contributed by atoms with Gasteiger partial charge in [-0.3, -0.25) is 0 Å². The maximum absolute atomic E-state index is 2.14. The second-order valence-electron chi connectivity index (χ2n) is 3.14. The maximum atomic E-state index is 2.14. The molecule has 0 spiro atoms. The Morgan fingerprint density at radius 1 is 0.929 bits per heavy atom. The van der Waals surface area contributed by atoms with Gasteiger partial charge in [-0.05, 0) is 19.1 Å². The molecule has 2 aromatic rings. The normalized spacial score (nSPS) is 10.1. The molecule has 0 unspecified atom stereocenters. The van der Waals surface area contributed by atoms with E-state index in [2.05, 4.69) is 35.2 Å². The van der Waals surface area contributed by atoms with Crippen molar-refractivity contribution in [3.05, 3.63) is 60.4 Å². The molecule has 70 valence electrons. The lowest BCUT2D eigenvalue weighted by molar-refractivity contribution is -0.494. The third kappa shape index (κ3) is 2.36. The first-order chi connectivity index (χ1) is 6.84. The fourth-order valence-electron chi connectivity index (χ4n) is 1.16. The van der Waals surface area contributed by atoms with Gasteiger partial charge in [-0.25, -0.2) is 0 Å². The van der Waals surface area contributed by atoms with Crippen molar-refractivity contribution < 1.29 is 3.97 Å². The van der Waals surface area contributed by atoms with E-state index in [0.717, 1.165) is 0 Å². The second kappa shape index (κ2) is 4.29. The molecule has 0 fully saturated rings. The third-order valence-corrected chi connectivity index (χ3v) is 2.86. The summed E-state index contributed by atoms with van der Waals surface area (Å²) in [5.41, 5.74) is 1.30. The number of aryl methyl sites for hydroxylation is 1. The van der Waals surface area contributed by atoms with Crippen molar-refractivity contribution in [3.8, 4) is 0 Å². The van der Waals surface area contributed by atoms with Gasteiger partial charge in [-0.1, -0.05) is 23.8 Å². The van der Waals surface area contributed by atoms with Crippen molar-refractivity contribution in [1.29, 1.82) is 0 Å². The van der Waals surface area contributed by atoms with Gasteiger partial charge in [0, 0.05) is 12.1 Å². The Morgan fingerprint density at radius 3 is 2.21 bits per heavy atom. The molecule has 0 aliphatic carbocycles. The zero-order valence-electron chi connectivity index (χ0n) is 8.05. The number of aromatic nitrogens is 1. The Kier molecular flexibility index (Phi) is 2.84. The van der Waals surface area contributed by atoms with E-state index in [1.54, 1.807) is 11.9 Å². The van der Waals surface area contributed by atoms with E-state index in [1.807, 2.05) is 30.6 Å². The first-order valence-corrected chi connectivity index (χ1v) is 5.33. The van der Waals surface area contributed by atoms with Crippen LogP contribution in [-0.4, -0.2) is 0 Å². The zero-order chi connectivity index (χ0) is 9.80. The quantitative estimate of drug-likeness (QED) is 0.677. The van der Waals surface area contributed by atoms with Crippen LogP contribution in [0.5, 0.6) is 0 Å². The lowest BCUT2D eigenvalue weighted by Crippen LogP contribution is -2.22. The van der Waals surface area contributed by atoms with Crippen molar-refractivity contribution in [3.63, 3.8) is 0 Å². The number of pyridine rings is 1. The number of nitrogens with zero attached hydrogens (tertiary/aromatic N) is 1. The molecule has 0 radical (unpaired) electrons. The Morgan fingerprint density at radius 2 is 1.57 bits per heavy atom. The maximum Gasteiger partial charge on any atom is 0.202 e. The summed E-state index contributed by atoms with van der Waals surface area (Å²) in [6.07, 6.45) is 4.09. The van der Waals surface area contributed by atoms with E-state index < -0.39 is 0 Å². The number of hydrogen-bond acceptors (Lipinski definition) is 1. The first kappa shape index (κ1) is 9.28. The van der Waals surface area contributed by atoms with Crippen LogP contribution < -0.4 is 3.97 Å². The summed E-state index contributed by atoms with van der Waals surface area (Å²) in [5, 5.41) is 0. The molecule has 0 saturated carbocycles. The Bertz CT molecular complexity index is 394. The van der Waals surface area contributed by atoms with Crippen LogP contribution in [0.25, 0.3) is 0 Å². The predicted octanol–water partition coefficient (Wildman–Crippen LogP) is 2.84. The van der Waals surface area contributed by atoms with Gasteiger partial charge in [0.05, 0.1) is 4.90 Å². The minimum Gasteiger partial charge on any atom is -0.130 e. The highest BCUT2D eigenvalue weighted by Crippen LogP contribution is 2.13. The molecule has 2 rings (SSSR count). The van der Waals surface area contributed by atoms with E-state index in [-0.39, 0.29) is 0 Å². The summed E-state index contributed by atoms with van der Waals surface area (Å²) in [7, 11) is 0. The second-order valence-corrected chi connectivity index (χ2v) is 4.22. The third-order valence-electron chi connectivity index (χ3n) is 1.92. The van der Waals surface area contributed by atoms with Crippen LogP contribution in [0.3, 0.4) is 0 Å². The van der Waals surface area contributed by atoms with Crippen LogP contribution in [0.15, 0.2) is 59.8 Å². The molecule has 1 nitrogen and oxygen atoms in total. The van der Waals surface area contributed by atoms with Crippen LogP contribution in [-0.2, 0) is 0 Å². The minimum atomic E-state index is 1.26. The molecule has 0 aliphatic heterocycles.